The van der Waals surface area contributed by atoms with Crippen LogP contribution in [0.15, 0.2) is 27.5 Å². The van der Waals surface area contributed by atoms with E-state index < -0.39 is 0 Å². The van der Waals surface area contributed by atoms with Gasteiger partial charge in [0, 0.05) is 12.7 Å². The molecule has 5 aromatic heterocycles. The summed E-state index contributed by atoms with van der Waals surface area (Å²) in [6.07, 6.45) is 0. The maximum atomic E-state index is 12.4. The average molecular weight is 429 g/mol. The molecule has 0 saturated heterocycles. The first-order valence-electron chi connectivity index (χ1n) is 8.63. The first-order valence-corrected chi connectivity index (χ1v) is 10.5. The molecule has 5 heterocycles. The molecule has 5 aromatic rings. The summed E-state index contributed by atoms with van der Waals surface area (Å²) in [6, 6.07) is 3.85. The van der Waals surface area contributed by atoms with Crippen LogP contribution in [-0.2, 0) is 12.8 Å². The van der Waals surface area contributed by atoms with Crippen LogP contribution >= 0.6 is 23.1 Å². The maximum absolute atomic E-state index is 12.4. The molecule has 148 valence electrons. The highest BCUT2D eigenvalue weighted by molar-refractivity contribution is 7.98. The van der Waals surface area contributed by atoms with Gasteiger partial charge < -0.3 is 5.84 Å². The Morgan fingerprint density at radius 2 is 2.03 bits per heavy atom. The molecule has 0 saturated carbocycles. The number of thioether (sulfide) groups is 1. The summed E-state index contributed by atoms with van der Waals surface area (Å²) in [5, 5.41) is 23.6. The van der Waals surface area contributed by atoms with Crippen LogP contribution in [0.5, 0.6) is 0 Å². The fourth-order valence-corrected chi connectivity index (χ4v) is 4.83. The van der Waals surface area contributed by atoms with Gasteiger partial charge in [0.05, 0.1) is 17.0 Å². The molecule has 0 radical (unpaired) electrons. The Bertz CT molecular complexity index is 1440. The molecule has 0 aliphatic carbocycles. The van der Waals surface area contributed by atoms with Crippen LogP contribution < -0.4 is 11.4 Å². The molecule has 0 amide bonds. The van der Waals surface area contributed by atoms with Gasteiger partial charge in [0.1, 0.15) is 10.5 Å². The van der Waals surface area contributed by atoms with Gasteiger partial charge in [-0.25, -0.2) is 9.36 Å². The minimum Gasteiger partial charge on any atom is -0.334 e. The largest absolute Gasteiger partial charge is 0.334 e. The molecule has 0 aliphatic rings. The fraction of sp³-hybridized carbons (Fsp3) is 0.250. The molecule has 11 nitrogen and oxygen atoms in total. The molecule has 0 unspecified atom stereocenters. The minimum atomic E-state index is -0.0784. The molecule has 0 spiro atoms. The third kappa shape index (κ3) is 2.65. The number of fused-ring (bicyclic) bond motifs is 3. The van der Waals surface area contributed by atoms with Gasteiger partial charge in [-0.1, -0.05) is 11.8 Å². The van der Waals surface area contributed by atoms with Crippen molar-refractivity contribution >= 4 is 39.1 Å². The van der Waals surface area contributed by atoms with Crippen molar-refractivity contribution in [2.24, 2.45) is 7.05 Å². The number of aryl methyl sites for hydroxylation is 3. The Labute approximate surface area is 171 Å². The van der Waals surface area contributed by atoms with Crippen molar-refractivity contribution in [3.8, 4) is 5.95 Å². The third-order valence-electron chi connectivity index (χ3n) is 4.57. The van der Waals surface area contributed by atoms with Gasteiger partial charge in [-0.2, -0.15) is 5.10 Å². The SMILES string of the molecule is Cc1cc(C)n(-c2nnc(SCc3nnc4n(C)c(=O)c5sccc5n34)n2N)n1. The summed E-state index contributed by atoms with van der Waals surface area (Å²) in [5.41, 5.74) is 2.51. The van der Waals surface area contributed by atoms with Crippen LogP contribution in [-0.4, -0.2) is 43.8 Å². The van der Waals surface area contributed by atoms with Crippen molar-refractivity contribution in [3.63, 3.8) is 0 Å². The van der Waals surface area contributed by atoms with E-state index in [1.54, 1.807) is 11.7 Å². The predicted octanol–water partition coefficient (Wildman–Crippen LogP) is 1.04. The highest BCUT2D eigenvalue weighted by Crippen LogP contribution is 2.24. The monoisotopic (exact) mass is 428 g/mol. The molecule has 0 fully saturated rings. The van der Waals surface area contributed by atoms with Gasteiger partial charge in [0.2, 0.25) is 10.9 Å². The number of hydrogen-bond acceptors (Lipinski definition) is 9. The summed E-state index contributed by atoms with van der Waals surface area (Å²) in [6.45, 7) is 3.84. The smallest absolute Gasteiger partial charge is 0.272 e. The lowest BCUT2D eigenvalue weighted by molar-refractivity contribution is 0.727. The van der Waals surface area contributed by atoms with Crippen LogP contribution in [0.25, 0.3) is 21.9 Å². The van der Waals surface area contributed by atoms with Crippen LogP contribution in [0, 0.1) is 13.8 Å². The molecule has 0 atom stereocenters. The van der Waals surface area contributed by atoms with Gasteiger partial charge in [0.25, 0.3) is 11.5 Å². The number of hydrogen-bond donors (Lipinski definition) is 1. The summed E-state index contributed by atoms with van der Waals surface area (Å²) in [5.74, 6) is 8.29. The molecule has 5 rings (SSSR count). The highest BCUT2D eigenvalue weighted by atomic mass is 32.2. The average Bonchev–Trinajstić information content (AvgIpc) is 3.45. The lowest BCUT2D eigenvalue weighted by Crippen LogP contribution is -2.19. The van der Waals surface area contributed by atoms with Crippen LogP contribution in [0.4, 0.5) is 0 Å². The molecule has 13 heteroatoms. The van der Waals surface area contributed by atoms with Gasteiger partial charge in [-0.05, 0) is 31.4 Å². The zero-order valence-corrected chi connectivity index (χ0v) is 17.4. The maximum Gasteiger partial charge on any atom is 0.272 e. The van der Waals surface area contributed by atoms with E-state index in [9.17, 15) is 4.79 Å². The Balaban J connectivity index is 1.51. The Morgan fingerprint density at radius 3 is 2.79 bits per heavy atom. The normalized spacial score (nSPS) is 11.8. The van der Waals surface area contributed by atoms with Gasteiger partial charge >= 0.3 is 0 Å². The van der Waals surface area contributed by atoms with Gasteiger partial charge in [-0.3, -0.25) is 13.8 Å². The van der Waals surface area contributed by atoms with Crippen LogP contribution in [0.1, 0.15) is 17.2 Å². The molecule has 0 aliphatic heterocycles. The molecule has 0 bridgehead atoms. The van der Waals surface area contributed by atoms with Crippen molar-refractivity contribution in [2.45, 2.75) is 24.8 Å². The predicted molar refractivity (Wildman–Crippen MR) is 110 cm³/mol. The molecular formula is C16H16N10OS2. The molecule has 0 aromatic carbocycles. The lowest BCUT2D eigenvalue weighted by Gasteiger charge is -2.06. The second-order valence-corrected chi connectivity index (χ2v) is 8.39. The van der Waals surface area contributed by atoms with E-state index in [-0.39, 0.29) is 5.56 Å². The van der Waals surface area contributed by atoms with Gasteiger partial charge in [-0.15, -0.1) is 31.7 Å². The second-order valence-electron chi connectivity index (χ2n) is 6.53. The first-order chi connectivity index (χ1) is 14.0. The lowest BCUT2D eigenvalue weighted by atomic mass is 10.4. The highest BCUT2D eigenvalue weighted by Gasteiger charge is 2.18. The summed E-state index contributed by atoms with van der Waals surface area (Å²) in [7, 11) is 1.69. The minimum absolute atomic E-state index is 0.0784. The third-order valence-corrected chi connectivity index (χ3v) is 6.40. The number of rotatable bonds is 4. The van der Waals surface area contributed by atoms with E-state index >= 15 is 0 Å². The van der Waals surface area contributed by atoms with Crippen molar-refractivity contribution in [3.05, 3.63) is 45.1 Å². The van der Waals surface area contributed by atoms with Gasteiger partial charge in [0.15, 0.2) is 0 Å². The molecule has 29 heavy (non-hydrogen) atoms. The topological polar surface area (TPSA) is 127 Å². The second kappa shape index (κ2) is 6.42. The Morgan fingerprint density at radius 1 is 1.21 bits per heavy atom. The molecule has 2 N–H and O–H groups in total. The number of nitrogens with zero attached hydrogens (tertiary/aromatic N) is 9. The molecular weight excluding hydrogens is 412 g/mol. The number of aromatic nitrogens is 9. The Kier molecular flexibility index (Phi) is 3.96. The van der Waals surface area contributed by atoms with E-state index in [4.69, 9.17) is 5.84 Å². The standard InChI is InChI=1S/C16H16N10OS2/c1-8-6-9(2)26(22-8)15-20-21-16(25(15)17)29-7-11-18-19-14-23(3)13(27)12-10(24(11)14)4-5-28-12/h4-6H,7,17H2,1-3H3. The van der Waals surface area contributed by atoms with Crippen molar-refractivity contribution in [1.82, 2.24) is 43.8 Å². The zero-order chi connectivity index (χ0) is 20.3. The fourth-order valence-electron chi connectivity index (χ4n) is 3.22. The zero-order valence-electron chi connectivity index (χ0n) is 15.8. The Hall–Kier alpha value is -3.19. The number of nitrogen functional groups attached to an aromatic ring is 1. The van der Waals surface area contributed by atoms with Crippen molar-refractivity contribution < 1.29 is 0 Å². The first kappa shape index (κ1) is 17.9. The summed E-state index contributed by atoms with van der Waals surface area (Å²) in [4.78, 5) is 12.4. The van der Waals surface area contributed by atoms with E-state index in [0.29, 0.717) is 33.2 Å². The van der Waals surface area contributed by atoms with E-state index in [0.717, 1.165) is 16.9 Å². The summed E-state index contributed by atoms with van der Waals surface area (Å²) >= 11 is 2.79. The van der Waals surface area contributed by atoms with Crippen LogP contribution in [0.3, 0.4) is 0 Å². The van der Waals surface area contributed by atoms with E-state index in [2.05, 4.69) is 25.5 Å². The van der Waals surface area contributed by atoms with Crippen molar-refractivity contribution in [2.75, 3.05) is 5.84 Å². The summed E-state index contributed by atoms with van der Waals surface area (Å²) < 4.78 is 7.12. The number of nitrogens with two attached hydrogens (primary N) is 1. The van der Waals surface area contributed by atoms with Crippen LogP contribution in [0.2, 0.25) is 0 Å². The van der Waals surface area contributed by atoms with Crippen molar-refractivity contribution in [1.29, 1.82) is 0 Å². The van der Waals surface area contributed by atoms with E-state index in [1.807, 2.05) is 35.8 Å². The quantitative estimate of drug-likeness (QED) is 0.332. The number of thiophene rings is 1. The van der Waals surface area contributed by atoms with E-state index in [1.165, 1.54) is 32.3 Å².